The fourth-order valence-corrected chi connectivity index (χ4v) is 4.67. The van der Waals surface area contributed by atoms with Crippen LogP contribution >= 0.6 is 0 Å². The molecule has 5 nitrogen and oxygen atoms in total. The molecule has 2 N–H and O–H groups in total. The molecule has 3 aliphatic heterocycles. The van der Waals surface area contributed by atoms with Crippen molar-refractivity contribution < 1.29 is 24.4 Å². The number of hydrogen-bond acceptors (Lipinski definition) is 5. The van der Waals surface area contributed by atoms with Gasteiger partial charge in [0, 0.05) is 28.7 Å². The summed E-state index contributed by atoms with van der Waals surface area (Å²) >= 11 is 0. The largest absolute Gasteiger partial charge is 0.508 e. The molecule has 1 unspecified atom stereocenters. The first-order chi connectivity index (χ1) is 14.3. The van der Waals surface area contributed by atoms with Gasteiger partial charge in [-0.05, 0) is 52.3 Å². The lowest BCUT2D eigenvalue weighted by Gasteiger charge is -2.37. The summed E-state index contributed by atoms with van der Waals surface area (Å²) < 4.78 is 18.8. The van der Waals surface area contributed by atoms with E-state index in [4.69, 9.17) is 14.2 Å². The number of rotatable bonds is 2. The molecule has 0 aliphatic carbocycles. The molecule has 2 aromatic rings. The standard InChI is InChI=1S/C25H28O5/c1-13(2)5-6-15-19(26)9-7-16-22(15)28-12-18-14-8-10-20-17(23(14)29-24(16)18)11-21(27)25(3,4)30-20/h5,7-10,18,21,24,26-27H,6,11-12H2,1-4H3/t18-,21?,24-/m0/s1. The fourth-order valence-electron chi connectivity index (χ4n) is 4.67. The summed E-state index contributed by atoms with van der Waals surface area (Å²) in [6.45, 7) is 8.38. The van der Waals surface area contributed by atoms with Gasteiger partial charge in [-0.2, -0.15) is 0 Å². The van der Waals surface area contributed by atoms with Crippen molar-refractivity contribution in [1.29, 1.82) is 0 Å². The monoisotopic (exact) mass is 408 g/mol. The number of aromatic hydroxyl groups is 1. The van der Waals surface area contributed by atoms with Gasteiger partial charge in [-0.3, -0.25) is 0 Å². The highest BCUT2D eigenvalue weighted by Gasteiger charge is 2.45. The maximum absolute atomic E-state index is 10.6. The molecule has 0 aromatic heterocycles. The zero-order valence-electron chi connectivity index (χ0n) is 17.9. The Morgan fingerprint density at radius 1 is 1.13 bits per heavy atom. The highest BCUT2D eigenvalue weighted by atomic mass is 16.5. The van der Waals surface area contributed by atoms with E-state index in [0.717, 1.165) is 39.5 Å². The third-order valence-corrected chi connectivity index (χ3v) is 6.53. The molecule has 0 bridgehead atoms. The van der Waals surface area contributed by atoms with Gasteiger partial charge in [-0.25, -0.2) is 0 Å². The van der Waals surface area contributed by atoms with Gasteiger partial charge in [-0.15, -0.1) is 0 Å². The quantitative estimate of drug-likeness (QED) is 0.712. The number of allylic oxidation sites excluding steroid dienone is 2. The van der Waals surface area contributed by atoms with Crippen LogP contribution in [0, 0.1) is 0 Å². The first kappa shape index (κ1) is 19.3. The maximum atomic E-state index is 10.6. The van der Waals surface area contributed by atoms with Gasteiger partial charge in [-0.1, -0.05) is 17.7 Å². The molecule has 3 aliphatic rings. The smallest absolute Gasteiger partial charge is 0.138 e. The Hall–Kier alpha value is -2.66. The van der Waals surface area contributed by atoms with Crippen molar-refractivity contribution in [2.45, 2.75) is 64.3 Å². The SMILES string of the molecule is CC(C)=CCc1c(O)ccc2c1OC[C@H]1c3ccc4c(c3O[C@@H]21)CC(O)C(C)(C)O4. The number of benzene rings is 2. The molecule has 5 rings (SSSR count). The van der Waals surface area contributed by atoms with Gasteiger partial charge in [0.05, 0.1) is 18.6 Å². The molecule has 3 atom stereocenters. The number of ether oxygens (including phenoxy) is 3. The number of phenolic OH excluding ortho intramolecular Hbond substituents is 1. The molecule has 2 aromatic carbocycles. The van der Waals surface area contributed by atoms with E-state index >= 15 is 0 Å². The van der Waals surface area contributed by atoms with Crippen molar-refractivity contribution in [2.24, 2.45) is 0 Å². The minimum atomic E-state index is -0.625. The molecule has 158 valence electrons. The second kappa shape index (κ2) is 6.67. The fraction of sp³-hybridized carbons (Fsp3) is 0.440. The van der Waals surface area contributed by atoms with E-state index in [-0.39, 0.29) is 17.8 Å². The maximum Gasteiger partial charge on any atom is 0.138 e. The van der Waals surface area contributed by atoms with Crippen molar-refractivity contribution in [3.05, 3.63) is 58.2 Å². The molecule has 0 saturated carbocycles. The molecule has 0 fully saturated rings. The highest BCUT2D eigenvalue weighted by Crippen LogP contribution is 2.56. The van der Waals surface area contributed by atoms with Crippen LogP contribution < -0.4 is 14.2 Å². The van der Waals surface area contributed by atoms with E-state index in [9.17, 15) is 10.2 Å². The zero-order chi connectivity index (χ0) is 21.2. The minimum Gasteiger partial charge on any atom is -0.508 e. The summed E-state index contributed by atoms with van der Waals surface area (Å²) in [5.74, 6) is 2.64. The topological polar surface area (TPSA) is 68.2 Å². The predicted molar refractivity (Wildman–Crippen MR) is 114 cm³/mol. The Morgan fingerprint density at radius 3 is 2.67 bits per heavy atom. The van der Waals surface area contributed by atoms with Crippen molar-refractivity contribution >= 4 is 0 Å². The Bertz CT molecular complexity index is 1050. The van der Waals surface area contributed by atoms with Gasteiger partial charge < -0.3 is 24.4 Å². The van der Waals surface area contributed by atoms with Crippen molar-refractivity contribution in [1.82, 2.24) is 0 Å². The molecule has 30 heavy (non-hydrogen) atoms. The molecule has 0 spiro atoms. The van der Waals surface area contributed by atoms with Gasteiger partial charge >= 0.3 is 0 Å². The Balaban J connectivity index is 1.55. The molecular weight excluding hydrogens is 380 g/mol. The van der Waals surface area contributed by atoms with Crippen LogP contribution in [0.25, 0.3) is 0 Å². The van der Waals surface area contributed by atoms with E-state index in [1.165, 1.54) is 5.57 Å². The van der Waals surface area contributed by atoms with Gasteiger partial charge in [0.15, 0.2) is 0 Å². The summed E-state index contributed by atoms with van der Waals surface area (Å²) in [5.41, 5.74) is 4.36. The predicted octanol–water partition coefficient (Wildman–Crippen LogP) is 4.59. The van der Waals surface area contributed by atoms with Crippen molar-refractivity contribution in [2.75, 3.05) is 6.61 Å². The lowest BCUT2D eigenvalue weighted by Crippen LogP contribution is -2.46. The van der Waals surface area contributed by atoms with Crippen LogP contribution in [0.3, 0.4) is 0 Å². The third-order valence-electron chi connectivity index (χ3n) is 6.53. The third kappa shape index (κ3) is 2.87. The van der Waals surface area contributed by atoms with Crippen LogP contribution in [0.1, 0.15) is 62.0 Å². The van der Waals surface area contributed by atoms with Gasteiger partial charge in [0.25, 0.3) is 0 Å². The van der Waals surface area contributed by atoms with Crippen LogP contribution in [0.2, 0.25) is 0 Å². The average molecular weight is 408 g/mol. The molecule has 3 heterocycles. The molecule has 5 heteroatoms. The second-order valence-electron chi connectivity index (χ2n) is 9.31. The summed E-state index contributed by atoms with van der Waals surface area (Å²) in [6.07, 6.45) is 2.44. The number of hydrogen-bond donors (Lipinski definition) is 2. The number of fused-ring (bicyclic) bond motifs is 7. The number of phenols is 1. The van der Waals surface area contributed by atoms with Crippen LogP contribution in [0.5, 0.6) is 23.0 Å². The summed E-state index contributed by atoms with van der Waals surface area (Å²) in [5, 5.41) is 21.0. The van der Waals surface area contributed by atoms with E-state index in [2.05, 4.69) is 12.1 Å². The molecular formula is C25H28O5. The van der Waals surface area contributed by atoms with Crippen LogP contribution in [0.4, 0.5) is 0 Å². The van der Waals surface area contributed by atoms with E-state index in [1.807, 2.05) is 39.8 Å². The van der Waals surface area contributed by atoms with Crippen LogP contribution in [0.15, 0.2) is 35.9 Å². The Labute approximate surface area is 176 Å². The number of aliphatic hydroxyl groups excluding tert-OH is 1. The summed E-state index contributed by atoms with van der Waals surface area (Å²) in [6, 6.07) is 7.68. The summed E-state index contributed by atoms with van der Waals surface area (Å²) in [7, 11) is 0. The lowest BCUT2D eigenvalue weighted by molar-refractivity contribution is -0.0418. The van der Waals surface area contributed by atoms with Gasteiger partial charge in [0.1, 0.15) is 34.7 Å². The van der Waals surface area contributed by atoms with E-state index in [1.54, 1.807) is 6.07 Å². The van der Waals surface area contributed by atoms with E-state index in [0.29, 0.717) is 19.4 Å². The normalized spacial score (nSPS) is 24.9. The Kier molecular flexibility index (Phi) is 4.30. The zero-order valence-corrected chi connectivity index (χ0v) is 17.9. The second-order valence-corrected chi connectivity index (χ2v) is 9.31. The number of aliphatic hydroxyl groups is 1. The molecule has 0 radical (unpaired) electrons. The van der Waals surface area contributed by atoms with Crippen LogP contribution in [-0.2, 0) is 12.8 Å². The molecule has 0 saturated heterocycles. The molecule has 0 amide bonds. The van der Waals surface area contributed by atoms with Crippen molar-refractivity contribution in [3.63, 3.8) is 0 Å². The minimum absolute atomic E-state index is 0.0747. The Morgan fingerprint density at radius 2 is 1.90 bits per heavy atom. The first-order valence-corrected chi connectivity index (χ1v) is 10.6. The van der Waals surface area contributed by atoms with Gasteiger partial charge in [0.2, 0.25) is 0 Å². The highest BCUT2D eigenvalue weighted by molar-refractivity contribution is 5.60. The average Bonchev–Trinajstić information content (AvgIpc) is 3.07. The summed E-state index contributed by atoms with van der Waals surface area (Å²) in [4.78, 5) is 0. The first-order valence-electron chi connectivity index (χ1n) is 10.6. The lowest BCUT2D eigenvalue weighted by atomic mass is 9.85. The van der Waals surface area contributed by atoms with Crippen LogP contribution in [-0.4, -0.2) is 28.5 Å². The van der Waals surface area contributed by atoms with Crippen molar-refractivity contribution in [3.8, 4) is 23.0 Å². The van der Waals surface area contributed by atoms with E-state index < -0.39 is 11.7 Å².